The molecule has 0 saturated heterocycles. The van der Waals surface area contributed by atoms with Crippen molar-refractivity contribution >= 4 is 75.2 Å². The third-order valence-electron chi connectivity index (χ3n) is 5.67. The number of benzene rings is 4. The Hall–Kier alpha value is -2.84. The van der Waals surface area contributed by atoms with E-state index < -0.39 is 22.1 Å². The largest absolute Gasteiger partial charge is 0.425 e. The summed E-state index contributed by atoms with van der Waals surface area (Å²) in [7, 11) is 0. The van der Waals surface area contributed by atoms with Crippen molar-refractivity contribution in [3.63, 3.8) is 0 Å². The fourth-order valence-electron chi connectivity index (χ4n) is 4.23. The molecule has 6 aromatic rings. The maximum atomic E-state index is 13.1. The van der Waals surface area contributed by atoms with Crippen molar-refractivity contribution in [1.82, 2.24) is 0 Å². The van der Waals surface area contributed by atoms with Gasteiger partial charge in [0, 0.05) is 9.40 Å². The van der Waals surface area contributed by atoms with Gasteiger partial charge in [0.05, 0.1) is 0 Å². The van der Waals surface area contributed by atoms with Crippen LogP contribution in [0.15, 0.2) is 60.7 Å². The lowest BCUT2D eigenvalue weighted by Crippen LogP contribution is -2.00. The molecule has 0 radical (unpaired) electrons. The first kappa shape index (κ1) is 19.8. The van der Waals surface area contributed by atoms with E-state index in [2.05, 4.69) is 0 Å². The van der Waals surface area contributed by atoms with Crippen molar-refractivity contribution in [2.75, 3.05) is 0 Å². The van der Waals surface area contributed by atoms with Gasteiger partial charge in [-0.1, -0.05) is 24.3 Å². The molecular weight excluding hydrogens is 466 g/mol. The second-order valence-electron chi connectivity index (χ2n) is 7.67. The van der Waals surface area contributed by atoms with Crippen molar-refractivity contribution in [3.05, 3.63) is 70.4 Å². The van der Waals surface area contributed by atoms with Crippen LogP contribution in [0.3, 0.4) is 0 Å². The Morgan fingerprint density at radius 1 is 0.438 bits per heavy atom. The highest BCUT2D eigenvalue weighted by Crippen LogP contribution is 2.43. The summed E-state index contributed by atoms with van der Waals surface area (Å²) in [6.07, 6.45) is -8.79. The molecular formula is C24H10F6S2. The molecule has 0 aliphatic heterocycles. The number of fused-ring (bicyclic) bond motifs is 7. The van der Waals surface area contributed by atoms with Crippen molar-refractivity contribution in [1.29, 1.82) is 0 Å². The quantitative estimate of drug-likeness (QED) is 0.151. The molecule has 0 atom stereocenters. The normalized spacial score (nSPS) is 13.3. The summed E-state index contributed by atoms with van der Waals surface area (Å²) < 4.78 is 80.0. The molecule has 0 aliphatic carbocycles. The van der Waals surface area contributed by atoms with Crippen LogP contribution in [0.5, 0.6) is 0 Å². The van der Waals surface area contributed by atoms with Crippen LogP contribution in [0.2, 0.25) is 0 Å². The van der Waals surface area contributed by atoms with Gasteiger partial charge in [0.2, 0.25) is 0 Å². The van der Waals surface area contributed by atoms with Crippen LogP contribution in [0.4, 0.5) is 26.3 Å². The maximum absolute atomic E-state index is 13.1. The monoisotopic (exact) mass is 476 g/mol. The van der Waals surface area contributed by atoms with Crippen LogP contribution in [0.25, 0.3) is 52.5 Å². The summed E-state index contributed by atoms with van der Waals surface area (Å²) in [6, 6.07) is 16.8. The predicted octanol–water partition coefficient (Wildman–Crippen LogP) is 9.61. The Labute approximate surface area is 184 Å². The van der Waals surface area contributed by atoms with Gasteiger partial charge in [-0.2, -0.15) is 26.3 Å². The Bertz CT molecular complexity index is 1570. The van der Waals surface area contributed by atoms with Gasteiger partial charge in [-0.25, -0.2) is 0 Å². The summed E-state index contributed by atoms with van der Waals surface area (Å²) in [6.45, 7) is 0. The lowest BCUT2D eigenvalue weighted by atomic mass is 9.96. The zero-order valence-electron chi connectivity index (χ0n) is 15.9. The predicted molar refractivity (Wildman–Crippen MR) is 120 cm³/mol. The second kappa shape index (κ2) is 6.36. The van der Waals surface area contributed by atoms with E-state index in [1.807, 2.05) is 24.3 Å². The smallest absolute Gasteiger partial charge is 0.165 e. The standard InChI is InChI=1S/C24H10F6S2/c25-23(26,27)21-7-13-5-11-1-3-15-16(17(11)9-19(13)31-21)4-2-12-6-14-8-22(24(28,29)30)32-20(14)10-18(12)15/h1-10H. The molecule has 4 aromatic carbocycles. The summed E-state index contributed by atoms with van der Waals surface area (Å²) in [5.41, 5.74) is 0. The molecule has 0 spiro atoms. The molecule has 0 aliphatic rings. The van der Waals surface area contributed by atoms with Gasteiger partial charge in [0.25, 0.3) is 0 Å². The van der Waals surface area contributed by atoms with Crippen molar-refractivity contribution in [3.8, 4) is 0 Å². The van der Waals surface area contributed by atoms with Crippen LogP contribution < -0.4 is 0 Å². The first-order valence-electron chi connectivity index (χ1n) is 9.49. The Morgan fingerprint density at radius 3 is 1.22 bits per heavy atom. The summed E-state index contributed by atoms with van der Waals surface area (Å²) in [4.78, 5) is -1.28. The van der Waals surface area contributed by atoms with E-state index in [1.165, 1.54) is 0 Å². The van der Waals surface area contributed by atoms with Crippen molar-refractivity contribution in [2.45, 2.75) is 12.4 Å². The molecule has 0 nitrogen and oxygen atoms in total. The van der Waals surface area contributed by atoms with Gasteiger partial charge >= 0.3 is 12.4 Å². The van der Waals surface area contributed by atoms with E-state index in [1.54, 1.807) is 24.3 Å². The van der Waals surface area contributed by atoms with Gasteiger partial charge in [-0.3, -0.25) is 0 Å². The van der Waals surface area contributed by atoms with Gasteiger partial charge in [-0.05, 0) is 79.5 Å². The van der Waals surface area contributed by atoms with E-state index >= 15 is 0 Å². The van der Waals surface area contributed by atoms with E-state index in [9.17, 15) is 26.3 Å². The van der Waals surface area contributed by atoms with E-state index in [4.69, 9.17) is 0 Å². The first-order valence-corrected chi connectivity index (χ1v) is 11.1. The van der Waals surface area contributed by atoms with Crippen LogP contribution in [-0.2, 0) is 12.4 Å². The van der Waals surface area contributed by atoms with E-state index in [-0.39, 0.29) is 0 Å². The van der Waals surface area contributed by atoms with E-state index in [0.29, 0.717) is 42.8 Å². The maximum Gasteiger partial charge on any atom is 0.425 e. The lowest BCUT2D eigenvalue weighted by Gasteiger charge is -2.08. The highest BCUT2D eigenvalue weighted by atomic mass is 32.1. The zero-order valence-corrected chi connectivity index (χ0v) is 17.5. The molecule has 0 unspecified atom stereocenters. The average Bonchev–Trinajstić information content (AvgIpc) is 3.33. The van der Waals surface area contributed by atoms with Gasteiger partial charge in [0.1, 0.15) is 9.75 Å². The van der Waals surface area contributed by atoms with Gasteiger partial charge in [-0.15, -0.1) is 22.7 Å². The number of hydrogen-bond donors (Lipinski definition) is 0. The molecule has 8 heteroatoms. The molecule has 0 bridgehead atoms. The third kappa shape index (κ3) is 2.97. The van der Waals surface area contributed by atoms with Crippen molar-refractivity contribution in [2.24, 2.45) is 0 Å². The number of alkyl halides is 6. The van der Waals surface area contributed by atoms with Gasteiger partial charge < -0.3 is 0 Å². The zero-order chi connectivity index (χ0) is 22.4. The van der Waals surface area contributed by atoms with Crippen LogP contribution in [0, 0.1) is 0 Å². The summed E-state index contributed by atoms with van der Waals surface area (Å²) in [5, 5.41) is 6.03. The molecule has 0 amide bonds. The topological polar surface area (TPSA) is 0 Å². The third-order valence-corrected chi connectivity index (χ3v) is 7.95. The minimum atomic E-state index is -4.39. The molecule has 0 fully saturated rings. The Kier molecular flexibility index (Phi) is 3.94. The summed E-state index contributed by atoms with van der Waals surface area (Å²) in [5.74, 6) is 0. The fraction of sp³-hybridized carbons (Fsp3) is 0.0833. The van der Waals surface area contributed by atoms with Crippen molar-refractivity contribution < 1.29 is 26.3 Å². The minimum absolute atomic E-state index is 0.537. The number of hydrogen-bond acceptors (Lipinski definition) is 2. The Balaban J connectivity index is 1.64. The number of thiophene rings is 2. The molecule has 2 aromatic heterocycles. The Morgan fingerprint density at radius 2 is 0.844 bits per heavy atom. The van der Waals surface area contributed by atoms with Crippen LogP contribution in [0.1, 0.15) is 9.75 Å². The fourth-order valence-corrected chi connectivity index (χ4v) is 6.13. The lowest BCUT2D eigenvalue weighted by molar-refractivity contribution is -0.135. The molecule has 6 rings (SSSR count). The summed E-state index contributed by atoms with van der Waals surface area (Å²) >= 11 is 1.42. The molecule has 2 heterocycles. The highest BCUT2D eigenvalue weighted by Gasteiger charge is 2.33. The molecule has 0 N–H and O–H groups in total. The van der Waals surface area contributed by atoms with Gasteiger partial charge in [0.15, 0.2) is 0 Å². The van der Waals surface area contributed by atoms with Crippen LogP contribution >= 0.6 is 22.7 Å². The highest BCUT2D eigenvalue weighted by molar-refractivity contribution is 7.19. The average molecular weight is 476 g/mol. The number of halogens is 6. The molecule has 0 saturated carbocycles. The SMILES string of the molecule is FC(F)(F)c1cc2cc3ccc4c5cc6sc(C(F)(F)F)cc6cc5ccc4c3cc2s1. The van der Waals surface area contributed by atoms with E-state index in [0.717, 1.165) is 44.5 Å². The minimum Gasteiger partial charge on any atom is -0.165 e. The molecule has 32 heavy (non-hydrogen) atoms. The number of rotatable bonds is 0. The molecule has 160 valence electrons. The second-order valence-corrected chi connectivity index (χ2v) is 9.83. The van der Waals surface area contributed by atoms with Crippen LogP contribution in [-0.4, -0.2) is 0 Å². The first-order chi connectivity index (χ1) is 15.1.